The van der Waals surface area contributed by atoms with E-state index in [1.807, 2.05) is 19.1 Å². The number of pyridine rings is 1. The van der Waals surface area contributed by atoms with Crippen LogP contribution in [0.3, 0.4) is 0 Å². The van der Waals surface area contributed by atoms with E-state index in [1.54, 1.807) is 6.20 Å². The van der Waals surface area contributed by atoms with Crippen molar-refractivity contribution in [2.45, 2.75) is 19.4 Å². The molecule has 3 nitrogen and oxygen atoms in total. The smallest absolute Gasteiger partial charge is 0.135 e. The molecule has 0 saturated carbocycles. The zero-order valence-electron chi connectivity index (χ0n) is 12.1. The molecule has 1 aliphatic heterocycles. The van der Waals surface area contributed by atoms with Gasteiger partial charge in [-0.2, -0.15) is 0 Å². The molecule has 2 atom stereocenters. The second-order valence-corrected chi connectivity index (χ2v) is 5.78. The van der Waals surface area contributed by atoms with Crippen molar-refractivity contribution in [3.8, 4) is 5.75 Å². The standard InChI is InChI=1S/C17H19ClN2O/c1-12-15(8-10-20-17(12)18)21-16(14-7-9-19-11-14)13-5-3-2-4-6-13/h2-6,8,10,14,16,19H,7,9,11H2,1H3/t14-,16-/m0/s1. The number of ether oxygens (including phenoxy) is 1. The van der Waals surface area contributed by atoms with Crippen LogP contribution in [0.25, 0.3) is 0 Å². The summed E-state index contributed by atoms with van der Waals surface area (Å²) in [4.78, 5) is 4.09. The van der Waals surface area contributed by atoms with E-state index in [0.717, 1.165) is 30.8 Å². The number of rotatable bonds is 4. The van der Waals surface area contributed by atoms with Crippen molar-refractivity contribution in [2.75, 3.05) is 13.1 Å². The van der Waals surface area contributed by atoms with Gasteiger partial charge >= 0.3 is 0 Å². The SMILES string of the molecule is Cc1c(O[C@@H](c2ccccc2)[C@H]2CCNC2)ccnc1Cl. The Labute approximate surface area is 130 Å². The van der Waals surface area contributed by atoms with Crippen LogP contribution in [0.2, 0.25) is 5.15 Å². The Hall–Kier alpha value is -1.58. The number of hydrogen-bond donors (Lipinski definition) is 1. The van der Waals surface area contributed by atoms with Crippen LogP contribution >= 0.6 is 11.6 Å². The largest absolute Gasteiger partial charge is 0.485 e. The average molecular weight is 303 g/mol. The maximum absolute atomic E-state index is 6.33. The van der Waals surface area contributed by atoms with Gasteiger partial charge in [0.15, 0.2) is 0 Å². The lowest BCUT2D eigenvalue weighted by Crippen LogP contribution is -2.21. The van der Waals surface area contributed by atoms with Gasteiger partial charge < -0.3 is 10.1 Å². The van der Waals surface area contributed by atoms with Crippen LogP contribution in [0.15, 0.2) is 42.6 Å². The van der Waals surface area contributed by atoms with Crippen molar-refractivity contribution in [1.82, 2.24) is 10.3 Å². The molecule has 1 fully saturated rings. The molecule has 0 unspecified atom stereocenters. The van der Waals surface area contributed by atoms with Crippen LogP contribution in [0.5, 0.6) is 5.75 Å². The third-order valence-electron chi connectivity index (χ3n) is 4.00. The van der Waals surface area contributed by atoms with Gasteiger partial charge in [0, 0.05) is 24.2 Å². The fraction of sp³-hybridized carbons (Fsp3) is 0.353. The van der Waals surface area contributed by atoms with Crippen LogP contribution in [-0.4, -0.2) is 18.1 Å². The average Bonchev–Trinajstić information content (AvgIpc) is 3.04. The van der Waals surface area contributed by atoms with Gasteiger partial charge in [-0.15, -0.1) is 0 Å². The van der Waals surface area contributed by atoms with Gasteiger partial charge in [0.1, 0.15) is 17.0 Å². The summed E-state index contributed by atoms with van der Waals surface area (Å²) in [5, 5.41) is 3.92. The van der Waals surface area contributed by atoms with Crippen molar-refractivity contribution in [1.29, 1.82) is 0 Å². The molecule has 1 aliphatic rings. The zero-order chi connectivity index (χ0) is 14.7. The summed E-state index contributed by atoms with van der Waals surface area (Å²) in [5.41, 5.74) is 2.10. The highest BCUT2D eigenvalue weighted by Crippen LogP contribution is 2.34. The van der Waals surface area contributed by atoms with Gasteiger partial charge in [-0.1, -0.05) is 41.9 Å². The van der Waals surface area contributed by atoms with Crippen molar-refractivity contribution in [3.05, 3.63) is 58.9 Å². The third-order valence-corrected chi connectivity index (χ3v) is 4.38. The Kier molecular flexibility index (Phi) is 4.42. The summed E-state index contributed by atoms with van der Waals surface area (Å²) >= 11 is 6.10. The molecular weight excluding hydrogens is 284 g/mol. The van der Waals surface area contributed by atoms with Gasteiger partial charge in [0.2, 0.25) is 0 Å². The first-order valence-corrected chi connectivity index (χ1v) is 7.67. The molecule has 0 bridgehead atoms. The summed E-state index contributed by atoms with van der Waals surface area (Å²) in [6.45, 7) is 3.98. The number of hydrogen-bond acceptors (Lipinski definition) is 3. The number of benzene rings is 1. The predicted octanol–water partition coefficient (Wildman–Crippen LogP) is 3.77. The minimum atomic E-state index is 0.0402. The molecule has 1 aromatic carbocycles. The minimum absolute atomic E-state index is 0.0402. The number of aromatic nitrogens is 1. The molecule has 0 aliphatic carbocycles. The Morgan fingerprint density at radius 3 is 2.81 bits per heavy atom. The molecule has 1 saturated heterocycles. The molecule has 3 rings (SSSR count). The highest BCUT2D eigenvalue weighted by molar-refractivity contribution is 6.30. The zero-order valence-corrected chi connectivity index (χ0v) is 12.8. The van der Waals surface area contributed by atoms with Crippen molar-refractivity contribution in [3.63, 3.8) is 0 Å². The summed E-state index contributed by atoms with van der Waals surface area (Å²) in [5.74, 6) is 1.29. The van der Waals surface area contributed by atoms with E-state index >= 15 is 0 Å². The van der Waals surface area contributed by atoms with E-state index < -0.39 is 0 Å². The Morgan fingerprint density at radius 2 is 2.10 bits per heavy atom. The second-order valence-electron chi connectivity index (χ2n) is 5.43. The molecule has 110 valence electrons. The Morgan fingerprint density at radius 1 is 1.29 bits per heavy atom. The fourth-order valence-corrected chi connectivity index (χ4v) is 2.92. The first kappa shape index (κ1) is 14.4. The quantitative estimate of drug-likeness (QED) is 0.873. The summed E-state index contributed by atoms with van der Waals surface area (Å²) in [7, 11) is 0. The number of nitrogens with one attached hydrogen (secondary N) is 1. The number of halogens is 1. The maximum Gasteiger partial charge on any atom is 0.135 e. The Bertz CT molecular complexity index is 597. The molecule has 1 N–H and O–H groups in total. The molecule has 21 heavy (non-hydrogen) atoms. The molecular formula is C17H19ClN2O. The maximum atomic E-state index is 6.33. The van der Waals surface area contributed by atoms with Gasteiger partial charge in [-0.25, -0.2) is 4.98 Å². The lowest BCUT2D eigenvalue weighted by atomic mass is 9.94. The molecule has 1 aromatic heterocycles. The van der Waals surface area contributed by atoms with E-state index in [-0.39, 0.29) is 6.10 Å². The van der Waals surface area contributed by atoms with Crippen molar-refractivity contribution < 1.29 is 4.74 Å². The van der Waals surface area contributed by atoms with Crippen LogP contribution < -0.4 is 10.1 Å². The molecule has 0 amide bonds. The fourth-order valence-electron chi connectivity index (χ4n) is 2.77. The molecule has 2 heterocycles. The van der Waals surface area contributed by atoms with Crippen LogP contribution in [0, 0.1) is 12.8 Å². The van der Waals surface area contributed by atoms with E-state index in [1.165, 1.54) is 5.56 Å². The van der Waals surface area contributed by atoms with Gasteiger partial charge in [0.25, 0.3) is 0 Å². The molecule has 2 aromatic rings. The van der Waals surface area contributed by atoms with E-state index in [9.17, 15) is 0 Å². The van der Waals surface area contributed by atoms with E-state index in [0.29, 0.717) is 11.1 Å². The van der Waals surface area contributed by atoms with Gasteiger partial charge in [0.05, 0.1) is 0 Å². The Balaban J connectivity index is 1.90. The van der Waals surface area contributed by atoms with Crippen molar-refractivity contribution in [2.24, 2.45) is 5.92 Å². The summed E-state index contributed by atoms with van der Waals surface area (Å²) < 4.78 is 6.33. The van der Waals surface area contributed by atoms with Gasteiger partial charge in [-0.3, -0.25) is 0 Å². The highest BCUT2D eigenvalue weighted by atomic mass is 35.5. The van der Waals surface area contributed by atoms with Crippen LogP contribution in [0.1, 0.15) is 23.7 Å². The lowest BCUT2D eigenvalue weighted by Gasteiger charge is -2.25. The highest BCUT2D eigenvalue weighted by Gasteiger charge is 2.28. The minimum Gasteiger partial charge on any atom is -0.485 e. The first-order chi connectivity index (χ1) is 10.3. The molecule has 0 spiro atoms. The van der Waals surface area contributed by atoms with Crippen molar-refractivity contribution >= 4 is 11.6 Å². The number of nitrogens with zero attached hydrogens (tertiary/aromatic N) is 1. The summed E-state index contributed by atoms with van der Waals surface area (Å²) in [6, 6.07) is 12.3. The topological polar surface area (TPSA) is 34.1 Å². The predicted molar refractivity (Wildman–Crippen MR) is 84.8 cm³/mol. The third kappa shape index (κ3) is 3.20. The van der Waals surface area contributed by atoms with Crippen LogP contribution in [0.4, 0.5) is 0 Å². The van der Waals surface area contributed by atoms with Gasteiger partial charge in [-0.05, 0) is 31.5 Å². The van der Waals surface area contributed by atoms with Crippen LogP contribution in [-0.2, 0) is 0 Å². The summed E-state index contributed by atoms with van der Waals surface area (Å²) in [6.07, 6.45) is 2.86. The van der Waals surface area contributed by atoms with E-state index in [4.69, 9.17) is 16.3 Å². The molecule has 0 radical (unpaired) electrons. The van der Waals surface area contributed by atoms with E-state index in [2.05, 4.69) is 34.6 Å². The lowest BCUT2D eigenvalue weighted by molar-refractivity contribution is 0.143. The molecule has 4 heteroatoms. The first-order valence-electron chi connectivity index (χ1n) is 7.29. The second kappa shape index (κ2) is 6.46. The monoisotopic (exact) mass is 302 g/mol. The normalized spacial score (nSPS) is 19.4.